The molecule has 0 aromatic heterocycles. The van der Waals surface area contributed by atoms with Crippen molar-refractivity contribution < 1.29 is 4.39 Å². The van der Waals surface area contributed by atoms with Crippen LogP contribution in [0.25, 0.3) is 11.1 Å². The average Bonchev–Trinajstić information content (AvgIpc) is 2.21. The first-order chi connectivity index (χ1) is 6.75. The molecule has 0 amide bonds. The predicted octanol–water partition coefficient (Wildman–Crippen LogP) is 3.60. The zero-order valence-corrected chi connectivity index (χ0v) is 7.92. The Balaban J connectivity index is 2.40. The van der Waals surface area contributed by atoms with Crippen LogP contribution in [0.4, 0.5) is 4.39 Å². The van der Waals surface area contributed by atoms with E-state index < -0.39 is 0 Å². The van der Waals surface area contributed by atoms with Gasteiger partial charge in [-0.1, -0.05) is 35.9 Å². The SMILES string of the molecule is Cc1ccc(-c2c[c]c(F)cc2)cc1. The van der Waals surface area contributed by atoms with Gasteiger partial charge in [-0.2, -0.15) is 0 Å². The lowest BCUT2D eigenvalue weighted by atomic mass is 10.0. The van der Waals surface area contributed by atoms with Crippen molar-refractivity contribution in [1.82, 2.24) is 0 Å². The molecule has 2 rings (SSSR count). The summed E-state index contributed by atoms with van der Waals surface area (Å²) < 4.78 is 12.6. The zero-order valence-electron chi connectivity index (χ0n) is 7.92. The molecule has 0 saturated carbocycles. The third-order valence-electron chi connectivity index (χ3n) is 2.16. The number of rotatable bonds is 1. The van der Waals surface area contributed by atoms with E-state index in [-0.39, 0.29) is 5.82 Å². The molecule has 0 nitrogen and oxygen atoms in total. The molecule has 69 valence electrons. The van der Waals surface area contributed by atoms with Gasteiger partial charge in [0.2, 0.25) is 0 Å². The summed E-state index contributed by atoms with van der Waals surface area (Å²) in [6.45, 7) is 2.04. The fraction of sp³-hybridized carbons (Fsp3) is 0.0769. The van der Waals surface area contributed by atoms with Crippen molar-refractivity contribution >= 4 is 0 Å². The fourth-order valence-corrected chi connectivity index (χ4v) is 1.33. The van der Waals surface area contributed by atoms with Gasteiger partial charge < -0.3 is 0 Å². The van der Waals surface area contributed by atoms with E-state index in [1.807, 2.05) is 31.2 Å². The van der Waals surface area contributed by atoms with Gasteiger partial charge in [0.25, 0.3) is 0 Å². The van der Waals surface area contributed by atoms with Crippen molar-refractivity contribution in [2.45, 2.75) is 6.92 Å². The van der Waals surface area contributed by atoms with Crippen LogP contribution in [0.3, 0.4) is 0 Å². The smallest absolute Gasteiger partial charge is 0.131 e. The molecule has 0 N–H and O–H groups in total. The quantitative estimate of drug-likeness (QED) is 0.636. The molecule has 2 aromatic rings. The van der Waals surface area contributed by atoms with E-state index in [0.717, 1.165) is 11.1 Å². The number of benzene rings is 2. The summed E-state index contributed by atoms with van der Waals surface area (Å²) in [4.78, 5) is 0. The van der Waals surface area contributed by atoms with Gasteiger partial charge in [-0.25, -0.2) is 4.39 Å². The van der Waals surface area contributed by atoms with Crippen molar-refractivity contribution in [1.29, 1.82) is 0 Å². The van der Waals surface area contributed by atoms with Gasteiger partial charge in [-0.15, -0.1) is 0 Å². The Morgan fingerprint density at radius 3 is 2.14 bits per heavy atom. The molecule has 0 spiro atoms. The lowest BCUT2D eigenvalue weighted by Crippen LogP contribution is -1.79. The molecule has 0 saturated heterocycles. The highest BCUT2D eigenvalue weighted by molar-refractivity contribution is 5.63. The minimum Gasteiger partial charge on any atom is -0.206 e. The van der Waals surface area contributed by atoms with Crippen LogP contribution in [0.15, 0.2) is 42.5 Å². The van der Waals surface area contributed by atoms with E-state index in [9.17, 15) is 4.39 Å². The Kier molecular flexibility index (Phi) is 2.32. The van der Waals surface area contributed by atoms with Crippen LogP contribution in [0.5, 0.6) is 0 Å². The molecule has 1 radical (unpaired) electrons. The van der Waals surface area contributed by atoms with Crippen molar-refractivity contribution in [3.63, 3.8) is 0 Å². The Hall–Kier alpha value is -1.63. The maximum atomic E-state index is 12.6. The highest BCUT2D eigenvalue weighted by Crippen LogP contribution is 2.19. The molecule has 0 fully saturated rings. The molecule has 0 aliphatic rings. The van der Waals surface area contributed by atoms with Gasteiger partial charge in [0.1, 0.15) is 5.82 Å². The normalized spacial score (nSPS) is 10.1. The Morgan fingerprint density at radius 1 is 0.929 bits per heavy atom. The van der Waals surface area contributed by atoms with Crippen LogP contribution >= 0.6 is 0 Å². The Bertz CT molecular complexity index is 368. The topological polar surface area (TPSA) is 0 Å². The van der Waals surface area contributed by atoms with Gasteiger partial charge >= 0.3 is 0 Å². The number of aryl methyl sites for hydroxylation is 1. The van der Waals surface area contributed by atoms with E-state index in [1.54, 1.807) is 12.1 Å². The van der Waals surface area contributed by atoms with Crippen molar-refractivity contribution in [2.24, 2.45) is 0 Å². The third kappa shape index (κ3) is 1.82. The van der Waals surface area contributed by atoms with Gasteiger partial charge in [0.05, 0.1) is 0 Å². The molecule has 0 bridgehead atoms. The summed E-state index contributed by atoms with van der Waals surface area (Å²) in [6.07, 6.45) is 0. The Labute approximate surface area is 83.0 Å². The van der Waals surface area contributed by atoms with E-state index in [2.05, 4.69) is 6.07 Å². The standard InChI is InChI=1S/C13H10F/c1-10-2-4-11(5-3-10)12-6-8-13(14)9-7-12/h2-8H,1H3. The van der Waals surface area contributed by atoms with Crippen molar-refractivity contribution in [3.05, 3.63) is 59.9 Å². The van der Waals surface area contributed by atoms with Crippen LogP contribution in [0, 0.1) is 18.8 Å². The fourth-order valence-electron chi connectivity index (χ4n) is 1.33. The van der Waals surface area contributed by atoms with E-state index >= 15 is 0 Å². The van der Waals surface area contributed by atoms with Crippen LogP contribution in [-0.2, 0) is 0 Å². The van der Waals surface area contributed by atoms with Gasteiger partial charge in [0.15, 0.2) is 0 Å². The lowest BCUT2D eigenvalue weighted by molar-refractivity contribution is 0.626. The maximum absolute atomic E-state index is 12.6. The highest BCUT2D eigenvalue weighted by Gasteiger charge is 1.96. The monoisotopic (exact) mass is 185 g/mol. The second-order valence-electron chi connectivity index (χ2n) is 3.29. The molecular weight excluding hydrogens is 175 g/mol. The predicted molar refractivity (Wildman–Crippen MR) is 55.4 cm³/mol. The summed E-state index contributed by atoms with van der Waals surface area (Å²) >= 11 is 0. The van der Waals surface area contributed by atoms with Gasteiger partial charge in [-0.05, 0) is 30.2 Å². The van der Waals surface area contributed by atoms with E-state index in [1.165, 1.54) is 11.6 Å². The zero-order chi connectivity index (χ0) is 9.97. The van der Waals surface area contributed by atoms with Gasteiger partial charge in [-0.3, -0.25) is 0 Å². The minimum absolute atomic E-state index is 0.319. The summed E-state index contributed by atoms with van der Waals surface area (Å²) in [5.74, 6) is -0.319. The van der Waals surface area contributed by atoms with Crippen LogP contribution in [0.2, 0.25) is 0 Å². The van der Waals surface area contributed by atoms with Crippen LogP contribution < -0.4 is 0 Å². The number of hydrogen-bond acceptors (Lipinski definition) is 0. The molecule has 1 heteroatoms. The second-order valence-corrected chi connectivity index (χ2v) is 3.29. The molecular formula is C13H10F. The van der Waals surface area contributed by atoms with Crippen LogP contribution in [-0.4, -0.2) is 0 Å². The number of halogens is 1. The molecule has 14 heavy (non-hydrogen) atoms. The molecule has 0 aliphatic carbocycles. The summed E-state index contributed by atoms with van der Waals surface area (Å²) in [5, 5.41) is 0. The first-order valence-electron chi connectivity index (χ1n) is 4.50. The summed E-state index contributed by atoms with van der Waals surface area (Å²) in [5.41, 5.74) is 3.30. The largest absolute Gasteiger partial charge is 0.206 e. The summed E-state index contributed by atoms with van der Waals surface area (Å²) in [7, 11) is 0. The summed E-state index contributed by atoms with van der Waals surface area (Å²) in [6, 6.07) is 15.5. The van der Waals surface area contributed by atoms with Crippen LogP contribution in [0.1, 0.15) is 5.56 Å². The third-order valence-corrected chi connectivity index (χ3v) is 2.16. The first-order valence-corrected chi connectivity index (χ1v) is 4.50. The lowest BCUT2D eigenvalue weighted by Gasteiger charge is -2.01. The molecule has 0 aliphatic heterocycles. The maximum Gasteiger partial charge on any atom is 0.131 e. The highest BCUT2D eigenvalue weighted by atomic mass is 19.1. The molecule has 2 aromatic carbocycles. The molecule has 0 heterocycles. The van der Waals surface area contributed by atoms with E-state index in [0.29, 0.717) is 0 Å². The van der Waals surface area contributed by atoms with E-state index in [4.69, 9.17) is 0 Å². The minimum atomic E-state index is -0.319. The number of hydrogen-bond donors (Lipinski definition) is 0. The second kappa shape index (κ2) is 3.62. The first kappa shape index (κ1) is 8.95. The Morgan fingerprint density at radius 2 is 1.57 bits per heavy atom. The van der Waals surface area contributed by atoms with Gasteiger partial charge in [0, 0.05) is 6.07 Å². The molecule has 0 unspecified atom stereocenters. The molecule has 0 atom stereocenters. The van der Waals surface area contributed by atoms with Crippen molar-refractivity contribution in [2.75, 3.05) is 0 Å². The average molecular weight is 185 g/mol. The van der Waals surface area contributed by atoms with Crippen molar-refractivity contribution in [3.8, 4) is 11.1 Å².